The van der Waals surface area contributed by atoms with Crippen molar-refractivity contribution in [3.8, 4) is 0 Å². The molecule has 2 aliphatic rings. The van der Waals surface area contributed by atoms with E-state index in [4.69, 9.17) is 9.47 Å². The van der Waals surface area contributed by atoms with Crippen LogP contribution in [0.1, 0.15) is 50.3 Å². The van der Waals surface area contributed by atoms with Crippen LogP contribution in [0.5, 0.6) is 0 Å². The summed E-state index contributed by atoms with van der Waals surface area (Å²) < 4.78 is 10.5. The van der Waals surface area contributed by atoms with Gasteiger partial charge >= 0.3 is 0 Å². The number of methoxy groups -OCH3 is 1. The number of carbonyl (C=O) groups is 4. The molecule has 9 nitrogen and oxygen atoms in total. The molecule has 0 saturated carbocycles. The first kappa shape index (κ1) is 21.9. The summed E-state index contributed by atoms with van der Waals surface area (Å²) in [6, 6.07) is 4.44. The summed E-state index contributed by atoms with van der Waals surface area (Å²) in [4.78, 5) is 52.5. The SMILES string of the molecule is COCCCNC(=O)CN(C)C(=O)c1ccc2c(c1)C(=O)N(CC1CCCO1)C2=O. The van der Waals surface area contributed by atoms with E-state index in [-0.39, 0.29) is 47.7 Å². The van der Waals surface area contributed by atoms with Crippen LogP contribution in [0.15, 0.2) is 18.2 Å². The number of hydrogen-bond acceptors (Lipinski definition) is 6. The number of benzene rings is 1. The van der Waals surface area contributed by atoms with Crippen LogP contribution in [0, 0.1) is 0 Å². The first-order chi connectivity index (χ1) is 14.4. The van der Waals surface area contributed by atoms with E-state index in [1.54, 1.807) is 7.11 Å². The molecule has 9 heteroatoms. The van der Waals surface area contributed by atoms with Gasteiger partial charge in [0.15, 0.2) is 0 Å². The minimum Gasteiger partial charge on any atom is -0.385 e. The van der Waals surface area contributed by atoms with E-state index in [9.17, 15) is 19.2 Å². The van der Waals surface area contributed by atoms with Crippen LogP contribution < -0.4 is 5.32 Å². The smallest absolute Gasteiger partial charge is 0.261 e. The summed E-state index contributed by atoms with van der Waals surface area (Å²) in [5, 5.41) is 2.72. The molecule has 1 aromatic rings. The maximum atomic E-state index is 12.7. The monoisotopic (exact) mass is 417 g/mol. The van der Waals surface area contributed by atoms with Crippen molar-refractivity contribution in [3.63, 3.8) is 0 Å². The molecule has 2 heterocycles. The molecule has 0 spiro atoms. The molecule has 0 aromatic heterocycles. The number of nitrogens with one attached hydrogen (secondary N) is 1. The van der Waals surface area contributed by atoms with Crippen molar-refractivity contribution in [2.24, 2.45) is 0 Å². The molecule has 2 aliphatic heterocycles. The maximum Gasteiger partial charge on any atom is 0.261 e. The Morgan fingerprint density at radius 1 is 1.27 bits per heavy atom. The Bertz CT molecular complexity index is 834. The van der Waals surface area contributed by atoms with Gasteiger partial charge in [0.2, 0.25) is 5.91 Å². The normalized spacial score (nSPS) is 17.9. The number of carbonyl (C=O) groups excluding carboxylic acids is 4. The van der Waals surface area contributed by atoms with Crippen molar-refractivity contribution in [3.05, 3.63) is 34.9 Å². The van der Waals surface area contributed by atoms with E-state index < -0.39 is 11.8 Å². The maximum absolute atomic E-state index is 12.7. The van der Waals surface area contributed by atoms with E-state index in [1.807, 2.05) is 0 Å². The predicted molar refractivity (Wildman–Crippen MR) is 107 cm³/mol. The zero-order valence-electron chi connectivity index (χ0n) is 17.3. The van der Waals surface area contributed by atoms with E-state index in [0.717, 1.165) is 12.8 Å². The van der Waals surface area contributed by atoms with Crippen molar-refractivity contribution < 1.29 is 28.7 Å². The number of rotatable bonds is 9. The van der Waals surface area contributed by atoms with Gasteiger partial charge in [0.05, 0.1) is 30.3 Å². The Balaban J connectivity index is 1.62. The Morgan fingerprint density at radius 2 is 2.03 bits per heavy atom. The number of ether oxygens (including phenoxy) is 2. The summed E-state index contributed by atoms with van der Waals surface area (Å²) in [6.45, 7) is 1.75. The van der Waals surface area contributed by atoms with Crippen molar-refractivity contribution in [2.45, 2.75) is 25.4 Å². The van der Waals surface area contributed by atoms with Crippen molar-refractivity contribution in [1.29, 1.82) is 0 Å². The van der Waals surface area contributed by atoms with Gasteiger partial charge in [0.1, 0.15) is 0 Å². The number of imide groups is 1. The number of amides is 4. The largest absolute Gasteiger partial charge is 0.385 e. The van der Waals surface area contributed by atoms with Crippen LogP contribution >= 0.6 is 0 Å². The fourth-order valence-corrected chi connectivity index (χ4v) is 3.59. The van der Waals surface area contributed by atoms with Gasteiger partial charge in [-0.2, -0.15) is 0 Å². The van der Waals surface area contributed by atoms with E-state index in [2.05, 4.69) is 5.32 Å². The van der Waals surface area contributed by atoms with Crippen LogP contribution in [-0.2, 0) is 14.3 Å². The van der Waals surface area contributed by atoms with Crippen LogP contribution in [-0.4, -0.2) is 86.5 Å². The lowest BCUT2D eigenvalue weighted by atomic mass is 10.0. The molecule has 1 fully saturated rings. The number of nitrogens with zero attached hydrogens (tertiary/aromatic N) is 2. The number of hydrogen-bond donors (Lipinski definition) is 1. The standard InChI is InChI=1S/C21H27N3O6/c1-23(13-18(25)22-8-4-9-29-2)19(26)14-6-7-16-17(11-14)21(28)24(20(16)27)12-15-5-3-10-30-15/h6-7,11,15H,3-5,8-10,12-13H2,1-2H3,(H,22,25). The summed E-state index contributed by atoms with van der Waals surface area (Å²) in [7, 11) is 3.10. The minimum absolute atomic E-state index is 0.110. The molecule has 3 rings (SSSR count). The Kier molecular flexibility index (Phi) is 7.17. The van der Waals surface area contributed by atoms with Gasteiger partial charge in [-0.3, -0.25) is 24.1 Å². The summed E-state index contributed by atoms with van der Waals surface area (Å²) in [6.07, 6.45) is 2.28. The van der Waals surface area contributed by atoms with Gasteiger partial charge in [0, 0.05) is 39.5 Å². The van der Waals surface area contributed by atoms with Gasteiger partial charge in [-0.1, -0.05) is 0 Å². The topological polar surface area (TPSA) is 105 Å². The molecule has 1 atom stereocenters. The highest BCUT2D eigenvalue weighted by molar-refractivity contribution is 6.22. The van der Waals surface area contributed by atoms with E-state index >= 15 is 0 Å². The summed E-state index contributed by atoms with van der Waals surface area (Å²) >= 11 is 0. The summed E-state index contributed by atoms with van der Waals surface area (Å²) in [5.41, 5.74) is 0.748. The average molecular weight is 417 g/mol. The second-order valence-electron chi connectivity index (χ2n) is 7.47. The Morgan fingerprint density at radius 3 is 2.73 bits per heavy atom. The van der Waals surface area contributed by atoms with Crippen LogP contribution in [0.3, 0.4) is 0 Å². The molecular formula is C21H27N3O6. The Labute approximate surface area is 175 Å². The van der Waals surface area contributed by atoms with Gasteiger partial charge in [-0.05, 0) is 37.5 Å². The second kappa shape index (κ2) is 9.82. The van der Waals surface area contributed by atoms with E-state index in [1.165, 1.54) is 35.0 Å². The molecular weight excluding hydrogens is 390 g/mol. The average Bonchev–Trinajstić information content (AvgIpc) is 3.33. The molecule has 0 aliphatic carbocycles. The molecule has 162 valence electrons. The van der Waals surface area contributed by atoms with Crippen molar-refractivity contribution in [2.75, 3.05) is 47.0 Å². The molecule has 1 aromatic carbocycles. The lowest BCUT2D eigenvalue weighted by Gasteiger charge is -2.18. The number of likely N-dealkylation sites (N-methyl/N-ethyl adjacent to an activating group) is 1. The molecule has 30 heavy (non-hydrogen) atoms. The van der Waals surface area contributed by atoms with Gasteiger partial charge in [-0.15, -0.1) is 0 Å². The molecule has 4 amide bonds. The quantitative estimate of drug-likeness (QED) is 0.468. The summed E-state index contributed by atoms with van der Waals surface area (Å²) in [5.74, 6) is -1.47. The molecule has 0 bridgehead atoms. The van der Waals surface area contributed by atoms with E-state index in [0.29, 0.717) is 26.2 Å². The molecule has 1 saturated heterocycles. The fourth-order valence-electron chi connectivity index (χ4n) is 3.59. The van der Waals surface area contributed by atoms with Gasteiger partial charge < -0.3 is 19.7 Å². The van der Waals surface area contributed by atoms with Crippen molar-refractivity contribution >= 4 is 23.6 Å². The zero-order valence-corrected chi connectivity index (χ0v) is 17.3. The number of fused-ring (bicyclic) bond motifs is 1. The molecule has 1 N–H and O–H groups in total. The van der Waals surface area contributed by atoms with Gasteiger partial charge in [-0.25, -0.2) is 0 Å². The fraction of sp³-hybridized carbons (Fsp3) is 0.524. The van der Waals surface area contributed by atoms with Crippen LogP contribution in [0.2, 0.25) is 0 Å². The van der Waals surface area contributed by atoms with Crippen LogP contribution in [0.4, 0.5) is 0 Å². The highest BCUT2D eigenvalue weighted by Crippen LogP contribution is 2.26. The third kappa shape index (κ3) is 4.85. The zero-order chi connectivity index (χ0) is 21.7. The molecule has 0 radical (unpaired) electrons. The third-order valence-corrected chi connectivity index (χ3v) is 5.20. The second-order valence-corrected chi connectivity index (χ2v) is 7.47. The Hall–Kier alpha value is -2.78. The lowest BCUT2D eigenvalue weighted by molar-refractivity contribution is -0.121. The first-order valence-electron chi connectivity index (χ1n) is 10.0. The van der Waals surface area contributed by atoms with Crippen molar-refractivity contribution in [1.82, 2.24) is 15.1 Å². The van der Waals surface area contributed by atoms with Crippen LogP contribution in [0.25, 0.3) is 0 Å². The lowest BCUT2D eigenvalue weighted by Crippen LogP contribution is -2.38. The van der Waals surface area contributed by atoms with Gasteiger partial charge in [0.25, 0.3) is 17.7 Å². The highest BCUT2D eigenvalue weighted by atomic mass is 16.5. The third-order valence-electron chi connectivity index (χ3n) is 5.20. The first-order valence-corrected chi connectivity index (χ1v) is 10.0. The molecule has 1 unspecified atom stereocenters. The minimum atomic E-state index is -0.418. The predicted octanol–water partition coefficient (Wildman–Crippen LogP) is 0.686. The highest BCUT2D eigenvalue weighted by Gasteiger charge is 2.38.